The molecule has 70 valence electrons. The molecule has 0 aliphatic rings. The molecule has 2 N–H and O–H groups in total. The second-order valence-electron chi connectivity index (χ2n) is 3.28. The van der Waals surface area contributed by atoms with Crippen LogP contribution in [0.4, 0.5) is 0 Å². The molecule has 0 saturated carbocycles. The zero-order chi connectivity index (χ0) is 9.71. The van der Waals surface area contributed by atoms with E-state index in [4.69, 9.17) is 0 Å². The van der Waals surface area contributed by atoms with Crippen LogP contribution in [0.25, 0.3) is 22.1 Å². The number of hydrogen-bond acceptors (Lipinski definition) is 2. The van der Waals surface area contributed by atoms with Crippen LogP contribution in [0.2, 0.25) is 0 Å². The van der Waals surface area contributed by atoms with Gasteiger partial charge in [0.05, 0.1) is 28.4 Å². The third-order valence-corrected chi connectivity index (χ3v) is 2.45. The molecule has 1 aromatic carbocycles. The van der Waals surface area contributed by atoms with Gasteiger partial charge in [-0.2, -0.15) is 0 Å². The number of hydrogen-bond donors (Lipinski definition) is 2. The number of fused-ring (bicyclic) bond motifs is 2. The lowest BCUT2D eigenvalue weighted by Gasteiger charge is -1.92. The van der Waals surface area contributed by atoms with Crippen molar-refractivity contribution < 1.29 is 0 Å². The lowest BCUT2D eigenvalue weighted by Crippen LogP contribution is -2.11. The smallest absolute Gasteiger partial charge is 0.326 e. The Morgan fingerprint density at radius 1 is 1.36 bits per heavy atom. The summed E-state index contributed by atoms with van der Waals surface area (Å²) in [6, 6.07) is 3.78. The monoisotopic (exact) mass is 188 g/mol. The van der Waals surface area contributed by atoms with Gasteiger partial charge in [-0.15, -0.1) is 0 Å². The molecular weight excluding hydrogens is 180 g/mol. The summed E-state index contributed by atoms with van der Waals surface area (Å²) in [6.45, 7) is 0. The van der Waals surface area contributed by atoms with Crippen molar-refractivity contribution >= 4 is 22.1 Å². The zero-order valence-electron chi connectivity index (χ0n) is 7.53. The summed E-state index contributed by atoms with van der Waals surface area (Å²) in [5.41, 5.74) is 3.39. The van der Waals surface area contributed by atoms with E-state index < -0.39 is 0 Å². The van der Waals surface area contributed by atoms with Gasteiger partial charge in [0.1, 0.15) is 0 Å². The van der Waals surface area contributed by atoms with Gasteiger partial charge in [-0.05, 0) is 12.1 Å². The van der Waals surface area contributed by atoms with Crippen molar-refractivity contribution in [2.75, 3.05) is 0 Å². The Balaban J connectivity index is 2.62. The van der Waals surface area contributed by atoms with Gasteiger partial charge in [0.15, 0.2) is 0 Å². The first-order valence-corrected chi connectivity index (χ1v) is 4.27. The van der Waals surface area contributed by atoms with Crippen LogP contribution in [0.3, 0.4) is 0 Å². The number of rotatable bonds is 0. The maximum absolute atomic E-state index is 11.3. The summed E-state index contributed by atoms with van der Waals surface area (Å²) < 4.78 is 1.57. The highest BCUT2D eigenvalue weighted by atomic mass is 16.1. The highest BCUT2D eigenvalue weighted by Crippen LogP contribution is 2.16. The van der Waals surface area contributed by atoms with E-state index in [2.05, 4.69) is 15.0 Å². The van der Waals surface area contributed by atoms with Crippen molar-refractivity contribution in [2.45, 2.75) is 0 Å². The van der Waals surface area contributed by atoms with Crippen LogP contribution in [0, 0.1) is 0 Å². The number of aromatic nitrogens is 4. The molecular formula is C9H8N4O. The Morgan fingerprint density at radius 2 is 2.21 bits per heavy atom. The molecule has 0 aliphatic heterocycles. The van der Waals surface area contributed by atoms with Gasteiger partial charge in [-0.1, -0.05) is 0 Å². The van der Waals surface area contributed by atoms with E-state index in [0.717, 1.165) is 22.1 Å². The van der Waals surface area contributed by atoms with Gasteiger partial charge < -0.3 is 9.97 Å². The molecule has 0 saturated heterocycles. The van der Waals surface area contributed by atoms with Crippen molar-refractivity contribution in [1.29, 1.82) is 0 Å². The molecule has 0 unspecified atom stereocenters. The quantitative estimate of drug-likeness (QED) is 0.546. The molecule has 0 fully saturated rings. The van der Waals surface area contributed by atoms with E-state index in [9.17, 15) is 4.79 Å². The van der Waals surface area contributed by atoms with Crippen LogP contribution in [0.15, 0.2) is 23.3 Å². The second kappa shape index (κ2) is 2.25. The van der Waals surface area contributed by atoms with Crippen molar-refractivity contribution in [1.82, 2.24) is 19.5 Å². The normalized spacial score (nSPS) is 11.5. The minimum Gasteiger partial charge on any atom is -0.345 e. The third-order valence-electron chi connectivity index (χ3n) is 2.45. The molecule has 0 amide bonds. The highest BCUT2D eigenvalue weighted by Gasteiger charge is 2.05. The van der Waals surface area contributed by atoms with Crippen molar-refractivity contribution in [3.05, 3.63) is 28.9 Å². The van der Waals surface area contributed by atoms with E-state index in [-0.39, 0.29) is 5.69 Å². The van der Waals surface area contributed by atoms with Crippen molar-refractivity contribution in [2.24, 2.45) is 7.05 Å². The Hall–Kier alpha value is -2.04. The molecule has 3 rings (SSSR count). The standard InChI is InChI=1S/C9H8N4O/c1-13-8-3-6-5(10-4-11-6)2-7(8)12-9(13)14/h2-4H,1H3,(H,10,11)(H,12,14). The number of aromatic amines is 2. The Kier molecular flexibility index (Phi) is 1.19. The van der Waals surface area contributed by atoms with Crippen LogP contribution >= 0.6 is 0 Å². The molecule has 0 atom stereocenters. The average Bonchev–Trinajstić information content (AvgIpc) is 2.70. The second-order valence-corrected chi connectivity index (χ2v) is 3.28. The van der Waals surface area contributed by atoms with Crippen LogP contribution < -0.4 is 5.69 Å². The van der Waals surface area contributed by atoms with Crippen LogP contribution in [0.1, 0.15) is 0 Å². The van der Waals surface area contributed by atoms with E-state index in [1.165, 1.54) is 0 Å². The minimum atomic E-state index is -0.104. The van der Waals surface area contributed by atoms with Crippen LogP contribution in [0.5, 0.6) is 0 Å². The summed E-state index contributed by atoms with van der Waals surface area (Å²) in [5, 5.41) is 0. The van der Waals surface area contributed by atoms with Gasteiger partial charge in [0.25, 0.3) is 0 Å². The Labute approximate surface area is 78.4 Å². The number of benzene rings is 1. The molecule has 5 heteroatoms. The Morgan fingerprint density at radius 3 is 3.07 bits per heavy atom. The van der Waals surface area contributed by atoms with Crippen LogP contribution in [-0.2, 0) is 7.05 Å². The average molecular weight is 188 g/mol. The molecule has 0 aliphatic carbocycles. The van der Waals surface area contributed by atoms with Gasteiger partial charge in [-0.3, -0.25) is 4.57 Å². The van der Waals surface area contributed by atoms with Gasteiger partial charge >= 0.3 is 5.69 Å². The lowest BCUT2D eigenvalue weighted by molar-refractivity contribution is 0.892. The van der Waals surface area contributed by atoms with Crippen LogP contribution in [-0.4, -0.2) is 19.5 Å². The SMILES string of the molecule is Cn1c(=O)[nH]c2cc3[nH]cnc3cc21. The molecule has 14 heavy (non-hydrogen) atoms. The fourth-order valence-electron chi connectivity index (χ4n) is 1.66. The van der Waals surface area contributed by atoms with E-state index in [1.807, 2.05) is 12.1 Å². The number of imidazole rings is 2. The number of aryl methyl sites for hydroxylation is 1. The van der Waals surface area contributed by atoms with Crippen molar-refractivity contribution in [3.63, 3.8) is 0 Å². The summed E-state index contributed by atoms with van der Waals surface area (Å²) in [4.78, 5) is 21.2. The minimum absolute atomic E-state index is 0.104. The molecule has 0 radical (unpaired) electrons. The van der Waals surface area contributed by atoms with Gasteiger partial charge in [-0.25, -0.2) is 9.78 Å². The predicted molar refractivity (Wildman–Crippen MR) is 53.2 cm³/mol. The molecule has 0 spiro atoms. The maximum Gasteiger partial charge on any atom is 0.326 e. The van der Waals surface area contributed by atoms with Gasteiger partial charge in [0.2, 0.25) is 0 Å². The summed E-state index contributed by atoms with van der Waals surface area (Å²) in [7, 11) is 1.74. The summed E-state index contributed by atoms with van der Waals surface area (Å²) in [5.74, 6) is 0. The molecule has 2 aromatic heterocycles. The van der Waals surface area contributed by atoms with E-state index >= 15 is 0 Å². The fourth-order valence-corrected chi connectivity index (χ4v) is 1.66. The first kappa shape index (κ1) is 7.37. The molecule has 0 bridgehead atoms. The predicted octanol–water partition coefficient (Wildman–Crippen LogP) is 0.743. The fraction of sp³-hybridized carbons (Fsp3) is 0.111. The molecule has 3 aromatic rings. The number of nitrogens with zero attached hydrogens (tertiary/aromatic N) is 2. The largest absolute Gasteiger partial charge is 0.345 e. The van der Waals surface area contributed by atoms with Crippen molar-refractivity contribution in [3.8, 4) is 0 Å². The first-order chi connectivity index (χ1) is 6.75. The maximum atomic E-state index is 11.3. The topological polar surface area (TPSA) is 66.5 Å². The highest BCUT2D eigenvalue weighted by molar-refractivity contribution is 5.91. The van der Waals surface area contributed by atoms with E-state index in [0.29, 0.717) is 0 Å². The number of H-pyrrole nitrogens is 2. The first-order valence-electron chi connectivity index (χ1n) is 4.27. The zero-order valence-corrected chi connectivity index (χ0v) is 7.53. The van der Waals surface area contributed by atoms with E-state index in [1.54, 1.807) is 17.9 Å². The summed E-state index contributed by atoms with van der Waals surface area (Å²) in [6.07, 6.45) is 1.64. The lowest BCUT2D eigenvalue weighted by atomic mass is 10.3. The Bertz CT molecular complexity index is 673. The summed E-state index contributed by atoms with van der Waals surface area (Å²) >= 11 is 0. The molecule has 5 nitrogen and oxygen atoms in total. The molecule has 2 heterocycles. The van der Waals surface area contributed by atoms with Gasteiger partial charge in [0, 0.05) is 7.05 Å². The number of nitrogens with one attached hydrogen (secondary N) is 2. The third kappa shape index (κ3) is 0.783.